The van der Waals surface area contributed by atoms with E-state index >= 15 is 0 Å². The van der Waals surface area contributed by atoms with Gasteiger partial charge in [0, 0.05) is 23.2 Å². The predicted molar refractivity (Wildman–Crippen MR) is 62.9 cm³/mol. The molecule has 0 fully saturated rings. The lowest BCUT2D eigenvalue weighted by Crippen LogP contribution is -2.17. The maximum atomic E-state index is 4.25. The summed E-state index contributed by atoms with van der Waals surface area (Å²) in [5.41, 5.74) is 2.24. The van der Waals surface area contributed by atoms with E-state index in [1.807, 2.05) is 6.92 Å². The Hall–Kier alpha value is -1.13. The Kier molecular flexibility index (Phi) is 3.18. The topological polar surface area (TPSA) is 40.7 Å². The lowest BCUT2D eigenvalue weighted by Gasteiger charge is -2.10. The molecule has 15 heavy (non-hydrogen) atoms. The number of H-pyrrole nitrogens is 1. The summed E-state index contributed by atoms with van der Waals surface area (Å²) < 4.78 is 0. The van der Waals surface area contributed by atoms with E-state index in [0.717, 1.165) is 17.9 Å². The number of nitrogens with one attached hydrogen (secondary N) is 2. The summed E-state index contributed by atoms with van der Waals surface area (Å²) in [4.78, 5) is 8.70. The highest BCUT2D eigenvalue weighted by molar-refractivity contribution is 7.10. The zero-order chi connectivity index (χ0) is 10.7. The van der Waals surface area contributed by atoms with Gasteiger partial charge in [0.05, 0.1) is 12.0 Å². The molecule has 0 aromatic carbocycles. The van der Waals surface area contributed by atoms with Crippen LogP contribution >= 0.6 is 11.3 Å². The first kappa shape index (κ1) is 10.4. The summed E-state index contributed by atoms with van der Waals surface area (Å²) >= 11 is 1.78. The monoisotopic (exact) mass is 221 g/mol. The van der Waals surface area contributed by atoms with E-state index in [4.69, 9.17) is 0 Å². The molecule has 2 aromatic rings. The molecule has 4 heteroatoms. The van der Waals surface area contributed by atoms with Gasteiger partial charge in [0.15, 0.2) is 0 Å². The number of imidazole rings is 1. The van der Waals surface area contributed by atoms with Crippen molar-refractivity contribution in [3.05, 3.63) is 40.1 Å². The number of thiophene rings is 1. The molecule has 0 saturated heterocycles. The average molecular weight is 221 g/mol. The smallest absolute Gasteiger partial charge is 0.0925 e. The highest BCUT2D eigenvalue weighted by Crippen LogP contribution is 2.18. The largest absolute Gasteiger partial charge is 0.348 e. The lowest BCUT2D eigenvalue weighted by molar-refractivity contribution is 0.575. The zero-order valence-electron chi connectivity index (χ0n) is 8.95. The van der Waals surface area contributed by atoms with Crippen LogP contribution in [-0.2, 0) is 6.54 Å². The molecule has 3 nitrogen and oxygen atoms in total. The molecule has 2 heterocycles. The number of nitrogens with zero attached hydrogens (tertiary/aromatic N) is 1. The van der Waals surface area contributed by atoms with Crippen molar-refractivity contribution < 1.29 is 0 Å². The average Bonchev–Trinajstić information content (AvgIpc) is 2.85. The second kappa shape index (κ2) is 4.59. The Morgan fingerprint density at radius 3 is 3.07 bits per heavy atom. The van der Waals surface area contributed by atoms with Gasteiger partial charge in [0.25, 0.3) is 0 Å². The molecule has 1 atom stereocenters. The van der Waals surface area contributed by atoms with Crippen LogP contribution in [0.3, 0.4) is 0 Å². The summed E-state index contributed by atoms with van der Waals surface area (Å²) in [7, 11) is 0. The van der Waals surface area contributed by atoms with Gasteiger partial charge in [-0.3, -0.25) is 0 Å². The fourth-order valence-corrected chi connectivity index (χ4v) is 2.21. The fourth-order valence-electron chi connectivity index (χ4n) is 1.45. The standard InChI is InChI=1S/C11H15N3S/c1-8-10(14-7-13-8)6-12-9(2)11-4-3-5-15-11/h3-5,7,9,12H,6H2,1-2H3,(H,13,14)/t9-/m0/s1. The first-order valence-electron chi connectivity index (χ1n) is 5.03. The Bertz CT molecular complexity index is 405. The Balaban J connectivity index is 1.91. The van der Waals surface area contributed by atoms with Crippen molar-refractivity contribution in [1.82, 2.24) is 15.3 Å². The molecule has 2 rings (SSSR count). The minimum absolute atomic E-state index is 0.390. The van der Waals surface area contributed by atoms with Crippen LogP contribution in [0, 0.1) is 6.92 Å². The highest BCUT2D eigenvalue weighted by Gasteiger charge is 2.07. The van der Waals surface area contributed by atoms with E-state index in [1.165, 1.54) is 4.88 Å². The van der Waals surface area contributed by atoms with Gasteiger partial charge in [-0.15, -0.1) is 11.3 Å². The molecule has 0 radical (unpaired) electrons. The van der Waals surface area contributed by atoms with Crippen molar-refractivity contribution in [2.45, 2.75) is 26.4 Å². The minimum atomic E-state index is 0.390. The third-order valence-corrected chi connectivity index (χ3v) is 3.53. The van der Waals surface area contributed by atoms with E-state index in [1.54, 1.807) is 17.7 Å². The maximum absolute atomic E-state index is 4.25. The Morgan fingerprint density at radius 2 is 2.47 bits per heavy atom. The van der Waals surface area contributed by atoms with Crippen LogP contribution in [0.5, 0.6) is 0 Å². The van der Waals surface area contributed by atoms with Crippen molar-refractivity contribution in [2.24, 2.45) is 0 Å². The molecule has 0 bridgehead atoms. The van der Waals surface area contributed by atoms with Gasteiger partial charge in [-0.1, -0.05) is 6.07 Å². The number of hydrogen-bond acceptors (Lipinski definition) is 3. The van der Waals surface area contributed by atoms with Gasteiger partial charge in [-0.25, -0.2) is 4.98 Å². The van der Waals surface area contributed by atoms with E-state index < -0.39 is 0 Å². The van der Waals surface area contributed by atoms with Gasteiger partial charge in [-0.2, -0.15) is 0 Å². The second-order valence-corrected chi connectivity index (χ2v) is 4.57. The molecule has 2 aromatic heterocycles. The molecule has 0 aliphatic carbocycles. The molecule has 0 saturated carbocycles. The predicted octanol–water partition coefficient (Wildman–Crippen LogP) is 2.63. The molecule has 0 amide bonds. The van der Waals surface area contributed by atoms with Gasteiger partial charge in [-0.05, 0) is 25.3 Å². The van der Waals surface area contributed by atoms with Gasteiger partial charge < -0.3 is 10.3 Å². The maximum Gasteiger partial charge on any atom is 0.0925 e. The number of aryl methyl sites for hydroxylation is 1. The van der Waals surface area contributed by atoms with Gasteiger partial charge in [0.2, 0.25) is 0 Å². The first-order chi connectivity index (χ1) is 7.27. The normalized spacial score (nSPS) is 12.9. The minimum Gasteiger partial charge on any atom is -0.348 e. The van der Waals surface area contributed by atoms with E-state index in [0.29, 0.717) is 6.04 Å². The van der Waals surface area contributed by atoms with Crippen LogP contribution in [0.25, 0.3) is 0 Å². The first-order valence-corrected chi connectivity index (χ1v) is 5.91. The molecular formula is C11H15N3S. The summed E-state index contributed by atoms with van der Waals surface area (Å²) in [6.45, 7) is 5.03. The molecule has 2 N–H and O–H groups in total. The zero-order valence-corrected chi connectivity index (χ0v) is 9.77. The third kappa shape index (κ3) is 2.46. The Labute approximate surface area is 93.6 Å². The van der Waals surface area contributed by atoms with Crippen LogP contribution < -0.4 is 5.32 Å². The van der Waals surface area contributed by atoms with Crippen molar-refractivity contribution in [3.8, 4) is 0 Å². The van der Waals surface area contributed by atoms with E-state index in [9.17, 15) is 0 Å². The number of aromatic nitrogens is 2. The van der Waals surface area contributed by atoms with E-state index in [2.05, 4.69) is 39.7 Å². The SMILES string of the molecule is Cc1[nH]cnc1CN[C@@H](C)c1cccs1. The van der Waals surface area contributed by atoms with Crippen LogP contribution in [0.1, 0.15) is 29.2 Å². The molecule has 0 spiro atoms. The molecule has 0 aliphatic rings. The summed E-state index contributed by atoms with van der Waals surface area (Å²) in [5, 5.41) is 5.56. The fraction of sp³-hybridized carbons (Fsp3) is 0.364. The summed E-state index contributed by atoms with van der Waals surface area (Å²) in [5.74, 6) is 0. The van der Waals surface area contributed by atoms with Crippen molar-refractivity contribution in [3.63, 3.8) is 0 Å². The molecule has 0 aliphatic heterocycles. The highest BCUT2D eigenvalue weighted by atomic mass is 32.1. The molecular weight excluding hydrogens is 206 g/mol. The van der Waals surface area contributed by atoms with E-state index in [-0.39, 0.29) is 0 Å². The van der Waals surface area contributed by atoms with Crippen LogP contribution in [0.4, 0.5) is 0 Å². The number of rotatable bonds is 4. The van der Waals surface area contributed by atoms with Gasteiger partial charge >= 0.3 is 0 Å². The van der Waals surface area contributed by atoms with Crippen LogP contribution in [-0.4, -0.2) is 9.97 Å². The lowest BCUT2D eigenvalue weighted by atomic mass is 10.2. The third-order valence-electron chi connectivity index (χ3n) is 2.48. The van der Waals surface area contributed by atoms with Crippen LogP contribution in [0.2, 0.25) is 0 Å². The Morgan fingerprint density at radius 1 is 1.60 bits per heavy atom. The van der Waals surface area contributed by atoms with Crippen molar-refractivity contribution >= 4 is 11.3 Å². The summed E-state index contributed by atoms with van der Waals surface area (Å²) in [6, 6.07) is 4.62. The second-order valence-electron chi connectivity index (χ2n) is 3.59. The quantitative estimate of drug-likeness (QED) is 0.833. The molecule has 80 valence electrons. The van der Waals surface area contributed by atoms with Crippen LogP contribution in [0.15, 0.2) is 23.8 Å². The summed E-state index contributed by atoms with van der Waals surface area (Å²) in [6.07, 6.45) is 1.74. The van der Waals surface area contributed by atoms with Crippen molar-refractivity contribution in [2.75, 3.05) is 0 Å². The van der Waals surface area contributed by atoms with Gasteiger partial charge in [0.1, 0.15) is 0 Å². The van der Waals surface area contributed by atoms with Crippen molar-refractivity contribution in [1.29, 1.82) is 0 Å². The number of aromatic amines is 1. The number of hydrogen-bond donors (Lipinski definition) is 2. The molecule has 0 unspecified atom stereocenters.